The third-order valence-electron chi connectivity index (χ3n) is 4.51. The summed E-state index contributed by atoms with van der Waals surface area (Å²) >= 11 is 0. The van der Waals surface area contributed by atoms with E-state index in [4.69, 9.17) is 0 Å². The minimum absolute atomic E-state index is 0.0111. The number of anilines is 1. The van der Waals surface area contributed by atoms with Crippen LogP contribution < -0.4 is 16.1 Å². The number of nitriles is 1. The second kappa shape index (κ2) is 5.12. The number of fused-ring (bicyclic) bond motifs is 1. The number of aryl methyl sites for hydroxylation is 1. The lowest BCUT2D eigenvalue weighted by Gasteiger charge is -2.31. The van der Waals surface area contributed by atoms with Crippen LogP contribution in [0, 0.1) is 25.2 Å². The fourth-order valence-corrected chi connectivity index (χ4v) is 3.09. The van der Waals surface area contributed by atoms with E-state index in [1.54, 1.807) is 7.05 Å². The maximum Gasteiger partial charge on any atom is 0.332 e. The molecule has 120 valence electrons. The van der Waals surface area contributed by atoms with E-state index in [9.17, 15) is 14.9 Å². The van der Waals surface area contributed by atoms with Crippen molar-refractivity contribution in [3.8, 4) is 6.07 Å². The molecular weight excluding hydrogens is 296 g/mol. The molecule has 0 atom stereocenters. The number of imidazole rings is 1. The molecule has 0 unspecified atom stereocenters. The van der Waals surface area contributed by atoms with E-state index in [0.29, 0.717) is 25.5 Å². The molecule has 8 nitrogen and oxygen atoms in total. The van der Waals surface area contributed by atoms with Crippen molar-refractivity contribution in [1.82, 2.24) is 18.7 Å². The first kappa shape index (κ1) is 15.1. The third-order valence-corrected chi connectivity index (χ3v) is 4.51. The molecule has 1 aliphatic rings. The smallest absolute Gasteiger partial charge is 0.332 e. The van der Waals surface area contributed by atoms with Crippen LogP contribution in [0.4, 0.5) is 5.82 Å². The monoisotopic (exact) mass is 314 g/mol. The van der Waals surface area contributed by atoms with Crippen LogP contribution in [-0.4, -0.2) is 25.2 Å². The molecule has 0 aromatic carbocycles. The molecule has 2 aromatic heterocycles. The van der Waals surface area contributed by atoms with Crippen LogP contribution in [0.2, 0.25) is 0 Å². The Morgan fingerprint density at radius 3 is 2.48 bits per heavy atom. The zero-order chi connectivity index (χ0) is 16.9. The summed E-state index contributed by atoms with van der Waals surface area (Å²) in [5.41, 5.74) is 1.08. The summed E-state index contributed by atoms with van der Waals surface area (Å²) in [4.78, 5) is 30.8. The fraction of sp³-hybridized carbons (Fsp3) is 0.467. The van der Waals surface area contributed by atoms with Crippen LogP contribution >= 0.6 is 0 Å². The van der Waals surface area contributed by atoms with Crippen molar-refractivity contribution >= 4 is 5.82 Å². The summed E-state index contributed by atoms with van der Waals surface area (Å²) in [6.07, 6.45) is 0. The van der Waals surface area contributed by atoms with Gasteiger partial charge in [0.25, 0.3) is 5.56 Å². The molecule has 0 saturated carbocycles. The number of nitrogens with zero attached hydrogens (tertiary/aromatic N) is 6. The summed E-state index contributed by atoms with van der Waals surface area (Å²) in [5, 5.41) is 9.39. The Balaban J connectivity index is 2.16. The molecular formula is C15H18N6O2. The number of aromatic nitrogens is 4. The first-order valence-corrected chi connectivity index (χ1v) is 7.34. The second-order valence-electron chi connectivity index (χ2n) is 5.79. The van der Waals surface area contributed by atoms with Gasteiger partial charge in [0.15, 0.2) is 5.56 Å². The van der Waals surface area contributed by atoms with Crippen molar-refractivity contribution in [2.45, 2.75) is 26.9 Å². The maximum atomic E-state index is 12.2. The molecule has 0 saturated heterocycles. The highest BCUT2D eigenvalue weighted by atomic mass is 16.2. The zero-order valence-corrected chi connectivity index (χ0v) is 13.6. The lowest BCUT2D eigenvalue weighted by molar-refractivity contribution is 0.533. The van der Waals surface area contributed by atoms with E-state index < -0.39 is 11.2 Å². The molecule has 0 fully saturated rings. The highest BCUT2D eigenvalue weighted by molar-refractivity contribution is 5.54. The van der Waals surface area contributed by atoms with Crippen molar-refractivity contribution in [3.05, 3.63) is 43.6 Å². The largest absolute Gasteiger partial charge is 0.347 e. The summed E-state index contributed by atoms with van der Waals surface area (Å²) < 4.78 is 4.45. The third kappa shape index (κ3) is 2.08. The second-order valence-corrected chi connectivity index (χ2v) is 5.79. The van der Waals surface area contributed by atoms with Crippen LogP contribution in [0.3, 0.4) is 0 Å². The molecule has 0 N–H and O–H groups in total. The number of rotatable bonds is 1. The first-order valence-electron chi connectivity index (χ1n) is 7.34. The van der Waals surface area contributed by atoms with Crippen LogP contribution in [0.25, 0.3) is 0 Å². The van der Waals surface area contributed by atoms with E-state index in [-0.39, 0.29) is 5.56 Å². The normalized spacial score (nSPS) is 13.8. The number of hydrogen-bond acceptors (Lipinski definition) is 5. The Morgan fingerprint density at radius 1 is 1.13 bits per heavy atom. The molecule has 0 spiro atoms. The van der Waals surface area contributed by atoms with Gasteiger partial charge >= 0.3 is 5.69 Å². The van der Waals surface area contributed by atoms with Gasteiger partial charge in [0.2, 0.25) is 0 Å². The Bertz CT molecular complexity index is 956. The zero-order valence-electron chi connectivity index (χ0n) is 13.6. The highest BCUT2D eigenvalue weighted by Gasteiger charge is 2.26. The maximum absolute atomic E-state index is 12.2. The quantitative estimate of drug-likeness (QED) is 0.726. The Morgan fingerprint density at radius 2 is 1.83 bits per heavy atom. The predicted octanol–water partition coefficient (Wildman–Crippen LogP) is -0.211. The molecule has 0 radical (unpaired) electrons. The van der Waals surface area contributed by atoms with Crippen molar-refractivity contribution in [2.24, 2.45) is 14.1 Å². The standard InChI is InChI=1S/C15H18N6O2/c1-9-10(2)21-6-5-20(8-12(21)17-9)13-11(7-16)14(22)19(4)15(23)18(13)3/h5-6,8H2,1-4H3. The Hall–Kier alpha value is -2.82. The van der Waals surface area contributed by atoms with E-state index >= 15 is 0 Å². The number of hydrogen-bond donors (Lipinski definition) is 0. The van der Waals surface area contributed by atoms with Crippen LogP contribution in [0.5, 0.6) is 0 Å². The molecule has 3 rings (SSSR count). The fourth-order valence-electron chi connectivity index (χ4n) is 3.09. The summed E-state index contributed by atoms with van der Waals surface area (Å²) in [5.74, 6) is 1.24. The van der Waals surface area contributed by atoms with Gasteiger partial charge in [-0.05, 0) is 13.8 Å². The highest BCUT2D eigenvalue weighted by Crippen LogP contribution is 2.23. The van der Waals surface area contributed by atoms with Gasteiger partial charge in [0, 0.05) is 32.9 Å². The van der Waals surface area contributed by atoms with Crippen molar-refractivity contribution in [3.63, 3.8) is 0 Å². The van der Waals surface area contributed by atoms with E-state index in [1.165, 1.54) is 11.6 Å². The molecule has 8 heteroatoms. The van der Waals surface area contributed by atoms with Crippen LogP contribution in [-0.2, 0) is 27.2 Å². The minimum atomic E-state index is -0.563. The lowest BCUT2D eigenvalue weighted by atomic mass is 10.2. The minimum Gasteiger partial charge on any atom is -0.347 e. The molecule has 0 amide bonds. The molecule has 1 aliphatic heterocycles. The van der Waals surface area contributed by atoms with Crippen LogP contribution in [0.1, 0.15) is 22.8 Å². The topological polar surface area (TPSA) is 88.8 Å². The van der Waals surface area contributed by atoms with Crippen LogP contribution in [0.15, 0.2) is 9.59 Å². The van der Waals surface area contributed by atoms with Gasteiger partial charge in [-0.25, -0.2) is 9.78 Å². The van der Waals surface area contributed by atoms with Gasteiger partial charge < -0.3 is 9.47 Å². The molecule has 3 heterocycles. The lowest BCUT2D eigenvalue weighted by Crippen LogP contribution is -2.44. The average Bonchev–Trinajstić information content (AvgIpc) is 2.82. The van der Waals surface area contributed by atoms with Gasteiger partial charge in [-0.3, -0.25) is 13.9 Å². The van der Waals surface area contributed by atoms with Gasteiger partial charge in [0.05, 0.1) is 12.2 Å². The van der Waals surface area contributed by atoms with E-state index in [2.05, 4.69) is 9.55 Å². The van der Waals surface area contributed by atoms with E-state index in [0.717, 1.165) is 21.8 Å². The molecule has 23 heavy (non-hydrogen) atoms. The molecule has 0 bridgehead atoms. The average molecular weight is 314 g/mol. The predicted molar refractivity (Wildman–Crippen MR) is 84.4 cm³/mol. The van der Waals surface area contributed by atoms with E-state index in [1.807, 2.05) is 24.8 Å². The summed E-state index contributed by atoms with van der Waals surface area (Å²) in [6, 6.07) is 1.95. The Labute approximate surface area is 132 Å². The van der Waals surface area contributed by atoms with Gasteiger partial charge in [-0.2, -0.15) is 5.26 Å². The van der Waals surface area contributed by atoms with Gasteiger partial charge in [-0.15, -0.1) is 0 Å². The summed E-state index contributed by atoms with van der Waals surface area (Å²) in [6.45, 7) is 5.76. The Kier molecular flexibility index (Phi) is 3.36. The van der Waals surface area contributed by atoms with Gasteiger partial charge in [0.1, 0.15) is 17.7 Å². The molecule has 0 aliphatic carbocycles. The summed E-state index contributed by atoms with van der Waals surface area (Å²) in [7, 11) is 2.96. The van der Waals surface area contributed by atoms with Gasteiger partial charge in [-0.1, -0.05) is 0 Å². The van der Waals surface area contributed by atoms with Crippen molar-refractivity contribution in [2.75, 3.05) is 11.4 Å². The van der Waals surface area contributed by atoms with Crippen molar-refractivity contribution < 1.29 is 0 Å². The van der Waals surface area contributed by atoms with Crippen molar-refractivity contribution in [1.29, 1.82) is 5.26 Å². The first-order chi connectivity index (χ1) is 10.9. The SMILES string of the molecule is Cc1nc2n(c1C)CCN(c1c(C#N)c(=O)n(C)c(=O)n1C)C2. The molecule has 2 aromatic rings.